The first-order valence-electron chi connectivity index (χ1n) is 11.0. The summed E-state index contributed by atoms with van der Waals surface area (Å²) in [6, 6.07) is 14.8. The van der Waals surface area contributed by atoms with Crippen molar-refractivity contribution in [3.8, 4) is 0 Å². The first-order valence-corrected chi connectivity index (χ1v) is 11.0. The van der Waals surface area contributed by atoms with Crippen LogP contribution in [0.4, 0.5) is 11.4 Å². The highest BCUT2D eigenvalue weighted by Crippen LogP contribution is 2.31. The van der Waals surface area contributed by atoms with Crippen molar-refractivity contribution in [3.63, 3.8) is 0 Å². The molecule has 2 aromatic carbocycles. The first-order chi connectivity index (χ1) is 16.1. The van der Waals surface area contributed by atoms with Gasteiger partial charge in [0.1, 0.15) is 6.26 Å². The molecule has 0 bridgehead atoms. The standard InChI is InChI=1S/C25H24N4O4/c1-2-27-21-5-3-4-6-22(21)29(25(27)32)13-10-23(30)26-19-7-8-20-17(15-19)9-12-28(20)24(31)18-11-14-33-16-18/h3-8,11,14-16H,2,9-10,12-13H2,1H3,(H,26,30). The highest BCUT2D eigenvalue weighted by molar-refractivity contribution is 6.07. The third-order valence-corrected chi connectivity index (χ3v) is 6.08. The number of para-hydroxylation sites is 2. The highest BCUT2D eigenvalue weighted by atomic mass is 16.3. The van der Waals surface area contributed by atoms with Gasteiger partial charge >= 0.3 is 5.69 Å². The number of hydrogen-bond donors (Lipinski definition) is 1. The number of rotatable bonds is 6. The fourth-order valence-electron chi connectivity index (χ4n) is 4.46. The predicted octanol–water partition coefficient (Wildman–Crippen LogP) is 3.65. The molecule has 2 amide bonds. The van der Waals surface area contributed by atoms with E-state index in [1.54, 1.807) is 26.2 Å². The van der Waals surface area contributed by atoms with E-state index in [-0.39, 0.29) is 23.9 Å². The second-order valence-corrected chi connectivity index (χ2v) is 8.03. The zero-order valence-corrected chi connectivity index (χ0v) is 18.3. The van der Waals surface area contributed by atoms with Crippen LogP contribution in [0.2, 0.25) is 0 Å². The molecule has 0 saturated heterocycles. The van der Waals surface area contributed by atoms with Crippen LogP contribution in [0.5, 0.6) is 0 Å². The molecular formula is C25H24N4O4. The Morgan fingerprint density at radius 3 is 2.58 bits per heavy atom. The van der Waals surface area contributed by atoms with Gasteiger partial charge in [0.25, 0.3) is 5.91 Å². The normalized spacial score (nSPS) is 12.8. The number of nitrogens with zero attached hydrogens (tertiary/aromatic N) is 3. The van der Waals surface area contributed by atoms with Crippen molar-refractivity contribution in [2.75, 3.05) is 16.8 Å². The molecule has 8 heteroatoms. The van der Waals surface area contributed by atoms with Crippen LogP contribution in [0.1, 0.15) is 29.3 Å². The lowest BCUT2D eigenvalue weighted by molar-refractivity contribution is -0.116. The van der Waals surface area contributed by atoms with Crippen LogP contribution < -0.4 is 15.9 Å². The Morgan fingerprint density at radius 1 is 1.06 bits per heavy atom. The lowest BCUT2D eigenvalue weighted by Crippen LogP contribution is -2.28. The van der Waals surface area contributed by atoms with Crippen molar-refractivity contribution in [2.24, 2.45) is 0 Å². The van der Waals surface area contributed by atoms with Gasteiger partial charge < -0.3 is 14.6 Å². The summed E-state index contributed by atoms with van der Waals surface area (Å²) in [5, 5.41) is 2.92. The molecule has 0 unspecified atom stereocenters. The SMILES string of the molecule is CCn1c(=O)n(CCC(=O)Nc2ccc3c(c2)CCN3C(=O)c2ccoc2)c2ccccc21. The summed E-state index contributed by atoms with van der Waals surface area (Å²) < 4.78 is 8.39. The number of anilines is 2. The molecule has 2 aromatic heterocycles. The second kappa shape index (κ2) is 8.46. The summed E-state index contributed by atoms with van der Waals surface area (Å²) in [5.74, 6) is -0.268. The van der Waals surface area contributed by atoms with Gasteiger partial charge in [-0.05, 0) is 55.3 Å². The van der Waals surface area contributed by atoms with E-state index in [4.69, 9.17) is 4.42 Å². The maximum absolute atomic E-state index is 12.7. The monoisotopic (exact) mass is 444 g/mol. The molecule has 3 heterocycles. The maximum atomic E-state index is 12.7. The quantitative estimate of drug-likeness (QED) is 0.492. The van der Waals surface area contributed by atoms with Crippen LogP contribution in [0.25, 0.3) is 11.0 Å². The molecule has 0 aliphatic carbocycles. The van der Waals surface area contributed by atoms with Gasteiger partial charge in [0.15, 0.2) is 0 Å². The Morgan fingerprint density at radius 2 is 1.85 bits per heavy atom. The minimum Gasteiger partial charge on any atom is -0.472 e. The zero-order valence-electron chi connectivity index (χ0n) is 18.3. The van der Waals surface area contributed by atoms with Crippen molar-refractivity contribution >= 4 is 34.2 Å². The summed E-state index contributed by atoms with van der Waals surface area (Å²) in [7, 11) is 0. The van der Waals surface area contributed by atoms with Crippen LogP contribution in [-0.2, 0) is 24.3 Å². The molecule has 0 saturated carbocycles. The molecule has 0 radical (unpaired) electrons. The van der Waals surface area contributed by atoms with E-state index in [0.29, 0.717) is 37.3 Å². The lowest BCUT2D eigenvalue weighted by atomic mass is 10.1. The smallest absolute Gasteiger partial charge is 0.329 e. The zero-order chi connectivity index (χ0) is 22.9. The predicted molar refractivity (Wildman–Crippen MR) is 126 cm³/mol. The number of fused-ring (bicyclic) bond motifs is 2. The fraction of sp³-hybridized carbons (Fsp3) is 0.240. The van der Waals surface area contributed by atoms with E-state index < -0.39 is 0 Å². The molecule has 4 aromatic rings. The highest BCUT2D eigenvalue weighted by Gasteiger charge is 2.26. The number of nitrogens with one attached hydrogen (secondary N) is 1. The maximum Gasteiger partial charge on any atom is 0.329 e. The molecule has 0 atom stereocenters. The summed E-state index contributed by atoms with van der Waals surface area (Å²) in [6.07, 6.45) is 3.82. The van der Waals surface area contributed by atoms with E-state index >= 15 is 0 Å². The molecule has 168 valence electrons. The number of aryl methyl sites for hydroxylation is 2. The second-order valence-electron chi connectivity index (χ2n) is 8.03. The number of carbonyl (C=O) groups excluding carboxylic acids is 2. The molecule has 8 nitrogen and oxygen atoms in total. The van der Waals surface area contributed by atoms with Gasteiger partial charge in [0.05, 0.1) is 22.9 Å². The largest absolute Gasteiger partial charge is 0.472 e. The third-order valence-electron chi connectivity index (χ3n) is 6.08. The van der Waals surface area contributed by atoms with Crippen molar-refractivity contribution in [1.82, 2.24) is 9.13 Å². The Bertz CT molecular complexity index is 1400. The van der Waals surface area contributed by atoms with Crippen LogP contribution >= 0.6 is 0 Å². The average molecular weight is 444 g/mol. The van der Waals surface area contributed by atoms with Crippen molar-refractivity contribution in [2.45, 2.75) is 32.9 Å². The number of furan rings is 1. The van der Waals surface area contributed by atoms with E-state index in [2.05, 4.69) is 5.32 Å². The molecule has 0 fully saturated rings. The molecule has 0 spiro atoms. The summed E-state index contributed by atoms with van der Waals surface area (Å²) in [5.41, 5.74) is 4.65. The molecule has 5 rings (SSSR count). The number of imidazole rings is 1. The molecule has 33 heavy (non-hydrogen) atoms. The van der Waals surface area contributed by atoms with E-state index in [9.17, 15) is 14.4 Å². The minimum absolute atomic E-state index is 0.101. The Kier molecular flexibility index (Phi) is 5.34. The van der Waals surface area contributed by atoms with Gasteiger partial charge in [-0.15, -0.1) is 0 Å². The Hall–Kier alpha value is -4.07. The molecule has 1 aliphatic rings. The Balaban J connectivity index is 1.27. The molecular weight excluding hydrogens is 420 g/mol. The van der Waals surface area contributed by atoms with Crippen molar-refractivity contribution in [3.05, 3.63) is 82.7 Å². The molecule has 1 aliphatic heterocycles. The number of aromatic nitrogens is 2. The summed E-state index contributed by atoms with van der Waals surface area (Å²) in [4.78, 5) is 39.8. The summed E-state index contributed by atoms with van der Waals surface area (Å²) in [6.45, 7) is 3.40. The number of benzene rings is 2. The van der Waals surface area contributed by atoms with E-state index in [0.717, 1.165) is 22.3 Å². The molecule has 1 N–H and O–H groups in total. The third kappa shape index (κ3) is 3.73. The lowest BCUT2D eigenvalue weighted by Gasteiger charge is -2.16. The number of amides is 2. The van der Waals surface area contributed by atoms with Gasteiger partial charge in [-0.2, -0.15) is 0 Å². The van der Waals surface area contributed by atoms with Gasteiger partial charge in [-0.1, -0.05) is 12.1 Å². The topological polar surface area (TPSA) is 89.5 Å². The van der Waals surface area contributed by atoms with Gasteiger partial charge in [0.2, 0.25) is 5.91 Å². The first kappa shape index (κ1) is 20.8. The van der Waals surface area contributed by atoms with Gasteiger partial charge in [0, 0.05) is 37.4 Å². The fourth-order valence-corrected chi connectivity index (χ4v) is 4.46. The van der Waals surface area contributed by atoms with Crippen LogP contribution in [0.15, 0.2) is 70.3 Å². The minimum atomic E-state index is -0.167. The van der Waals surface area contributed by atoms with Crippen molar-refractivity contribution < 1.29 is 14.0 Å². The van der Waals surface area contributed by atoms with Gasteiger partial charge in [-0.25, -0.2) is 4.79 Å². The average Bonchev–Trinajstić information content (AvgIpc) is 3.55. The van der Waals surface area contributed by atoms with Crippen LogP contribution in [-0.4, -0.2) is 27.5 Å². The number of hydrogen-bond acceptors (Lipinski definition) is 4. The van der Waals surface area contributed by atoms with Gasteiger partial charge in [-0.3, -0.25) is 18.7 Å². The van der Waals surface area contributed by atoms with Crippen LogP contribution in [0.3, 0.4) is 0 Å². The van der Waals surface area contributed by atoms with Crippen molar-refractivity contribution in [1.29, 1.82) is 0 Å². The Labute approximate surface area is 190 Å². The van der Waals surface area contributed by atoms with Crippen LogP contribution in [0, 0.1) is 0 Å². The summed E-state index contributed by atoms with van der Waals surface area (Å²) >= 11 is 0. The van der Waals surface area contributed by atoms with E-state index in [1.807, 2.05) is 43.3 Å². The van der Waals surface area contributed by atoms with E-state index in [1.165, 1.54) is 12.5 Å². The number of carbonyl (C=O) groups is 2.